The lowest BCUT2D eigenvalue weighted by atomic mass is 10.2. The van der Waals surface area contributed by atoms with Gasteiger partial charge in [0.1, 0.15) is 12.4 Å². The molecule has 1 aromatic heterocycles. The summed E-state index contributed by atoms with van der Waals surface area (Å²) in [6.07, 6.45) is 2.82. The summed E-state index contributed by atoms with van der Waals surface area (Å²) in [7, 11) is 1.47. The van der Waals surface area contributed by atoms with Crippen LogP contribution in [0.1, 0.15) is 33.3 Å². The minimum Gasteiger partial charge on any atom is -0.383 e. The van der Waals surface area contributed by atoms with E-state index in [-0.39, 0.29) is 43.0 Å². The largest absolute Gasteiger partial charge is 0.383 e. The molecule has 11 heteroatoms. The van der Waals surface area contributed by atoms with Gasteiger partial charge < -0.3 is 15.5 Å². The van der Waals surface area contributed by atoms with Crippen LogP contribution in [-0.2, 0) is 16.1 Å². The number of nitrogens with one attached hydrogen (secondary N) is 1. The Bertz CT molecular complexity index is 1230. The molecule has 190 valence electrons. The Hall–Kier alpha value is -3.04. The third-order valence-electron chi connectivity index (χ3n) is 5.00. The number of amides is 2. The van der Waals surface area contributed by atoms with Gasteiger partial charge in [-0.15, -0.1) is 0 Å². The van der Waals surface area contributed by atoms with E-state index >= 15 is 0 Å². The summed E-state index contributed by atoms with van der Waals surface area (Å²) in [6.45, 7) is 7.69. The molecule has 2 rings (SSSR count). The quantitative estimate of drug-likeness (QED) is 0.488. The summed E-state index contributed by atoms with van der Waals surface area (Å²) < 4.78 is 1.25. The molecular formula is C24H31Cl2N5O4. The summed E-state index contributed by atoms with van der Waals surface area (Å²) in [5.41, 5.74) is 5.31. The van der Waals surface area contributed by atoms with Gasteiger partial charge in [-0.05, 0) is 35.6 Å². The van der Waals surface area contributed by atoms with Gasteiger partial charge in [0.15, 0.2) is 5.69 Å². The highest BCUT2D eigenvalue weighted by Gasteiger charge is 2.26. The van der Waals surface area contributed by atoms with Crippen molar-refractivity contribution in [3.8, 4) is 0 Å². The van der Waals surface area contributed by atoms with Crippen LogP contribution < -0.4 is 21.9 Å². The fourth-order valence-electron chi connectivity index (χ4n) is 3.36. The number of anilines is 2. The number of benzene rings is 1. The second-order valence-corrected chi connectivity index (χ2v) is 9.93. The minimum absolute atomic E-state index is 0.0174. The molecule has 0 bridgehead atoms. The van der Waals surface area contributed by atoms with Gasteiger partial charge in [-0.25, -0.2) is 4.79 Å². The lowest BCUT2D eigenvalue weighted by Gasteiger charge is -2.28. The van der Waals surface area contributed by atoms with Crippen LogP contribution in [-0.4, -0.2) is 46.4 Å². The van der Waals surface area contributed by atoms with Gasteiger partial charge >= 0.3 is 5.69 Å². The number of rotatable bonds is 9. The first kappa shape index (κ1) is 28.2. The first-order chi connectivity index (χ1) is 16.3. The van der Waals surface area contributed by atoms with Crippen molar-refractivity contribution in [2.24, 2.45) is 11.8 Å². The van der Waals surface area contributed by atoms with Gasteiger partial charge in [0, 0.05) is 36.3 Å². The minimum atomic E-state index is -0.757. The number of aromatic nitrogens is 2. The zero-order valence-corrected chi connectivity index (χ0v) is 22.0. The Kier molecular flexibility index (Phi) is 9.73. The Balaban J connectivity index is 2.32. The number of carbonyl (C=O) groups is 2. The molecule has 0 saturated carbocycles. The van der Waals surface area contributed by atoms with Crippen LogP contribution in [0.25, 0.3) is 6.08 Å². The standard InChI is InChI=1S/C24H31Cl2N5O4/c1-14(2)11-30(21-22(27)31(12-15(3)4)24(35)28-23(21)34)20(33)13-29(5)19(32)9-7-16-6-8-17(25)10-18(16)26/h6-10,14-15H,11-13,27H2,1-5H3,(H,28,34,35). The van der Waals surface area contributed by atoms with E-state index in [4.69, 9.17) is 28.9 Å². The highest BCUT2D eigenvalue weighted by Crippen LogP contribution is 2.22. The molecule has 9 nitrogen and oxygen atoms in total. The van der Waals surface area contributed by atoms with E-state index in [9.17, 15) is 19.2 Å². The Labute approximate surface area is 214 Å². The van der Waals surface area contributed by atoms with Gasteiger partial charge in [-0.1, -0.05) is 57.0 Å². The van der Waals surface area contributed by atoms with Crippen LogP contribution in [0.15, 0.2) is 33.9 Å². The number of likely N-dealkylation sites (N-methyl/N-ethyl adjacent to an activating group) is 1. The van der Waals surface area contributed by atoms with Crippen molar-refractivity contribution in [2.75, 3.05) is 30.8 Å². The number of nitrogen functional groups attached to an aromatic ring is 1. The number of hydrogen-bond acceptors (Lipinski definition) is 5. The molecule has 0 unspecified atom stereocenters. The molecule has 3 N–H and O–H groups in total. The molecule has 0 saturated heterocycles. The van der Waals surface area contributed by atoms with Crippen molar-refractivity contribution >= 4 is 52.6 Å². The highest BCUT2D eigenvalue weighted by molar-refractivity contribution is 6.35. The zero-order chi connectivity index (χ0) is 26.4. The van der Waals surface area contributed by atoms with Crippen LogP contribution in [0.2, 0.25) is 10.0 Å². The van der Waals surface area contributed by atoms with Crippen LogP contribution in [0.5, 0.6) is 0 Å². The number of H-pyrrole nitrogens is 1. The SMILES string of the molecule is CC(C)CN(C(=O)CN(C)C(=O)C=Cc1ccc(Cl)cc1Cl)c1c(N)n(CC(C)C)c(=O)[nH]c1=O. The van der Waals surface area contributed by atoms with Gasteiger partial charge in [0.25, 0.3) is 5.56 Å². The third-order valence-corrected chi connectivity index (χ3v) is 5.56. The fourth-order valence-corrected chi connectivity index (χ4v) is 3.83. The van der Waals surface area contributed by atoms with Crippen LogP contribution >= 0.6 is 23.2 Å². The number of aromatic amines is 1. The molecule has 0 aliphatic carbocycles. The zero-order valence-electron chi connectivity index (χ0n) is 20.5. The molecule has 35 heavy (non-hydrogen) atoms. The van der Waals surface area contributed by atoms with Crippen molar-refractivity contribution in [1.29, 1.82) is 0 Å². The van der Waals surface area contributed by atoms with E-state index in [2.05, 4.69) is 4.98 Å². The summed E-state index contributed by atoms with van der Waals surface area (Å²) in [5, 5.41) is 0.857. The Morgan fingerprint density at radius 3 is 2.37 bits per heavy atom. The Morgan fingerprint density at radius 1 is 1.14 bits per heavy atom. The monoisotopic (exact) mass is 523 g/mol. The van der Waals surface area contributed by atoms with E-state index in [0.29, 0.717) is 15.6 Å². The van der Waals surface area contributed by atoms with Crippen LogP contribution in [0.4, 0.5) is 11.5 Å². The molecule has 0 aliphatic heterocycles. The maximum Gasteiger partial charge on any atom is 0.330 e. The molecule has 0 radical (unpaired) electrons. The fraction of sp³-hybridized carbons (Fsp3) is 0.417. The van der Waals surface area contributed by atoms with Gasteiger partial charge in [0.2, 0.25) is 11.8 Å². The predicted octanol–water partition coefficient (Wildman–Crippen LogP) is 3.24. The first-order valence-electron chi connectivity index (χ1n) is 11.1. The second-order valence-electron chi connectivity index (χ2n) is 9.09. The molecular weight excluding hydrogens is 493 g/mol. The van der Waals surface area contributed by atoms with Crippen LogP contribution in [0, 0.1) is 11.8 Å². The van der Waals surface area contributed by atoms with Crippen LogP contribution in [0.3, 0.4) is 0 Å². The van der Waals surface area contributed by atoms with Gasteiger partial charge in [-0.2, -0.15) is 0 Å². The molecule has 1 heterocycles. The van der Waals surface area contributed by atoms with Crippen molar-refractivity contribution in [3.63, 3.8) is 0 Å². The van der Waals surface area contributed by atoms with E-state index < -0.39 is 23.1 Å². The smallest absolute Gasteiger partial charge is 0.330 e. The molecule has 0 aliphatic rings. The van der Waals surface area contributed by atoms with E-state index in [1.165, 1.54) is 33.6 Å². The number of nitrogens with two attached hydrogens (primary N) is 1. The lowest BCUT2D eigenvalue weighted by Crippen LogP contribution is -2.46. The maximum atomic E-state index is 13.3. The molecule has 1 aromatic carbocycles. The van der Waals surface area contributed by atoms with E-state index in [0.717, 1.165) is 0 Å². The molecule has 2 aromatic rings. The first-order valence-corrected chi connectivity index (χ1v) is 11.9. The normalized spacial score (nSPS) is 11.5. The average molecular weight is 524 g/mol. The summed E-state index contributed by atoms with van der Waals surface area (Å²) >= 11 is 12.0. The highest BCUT2D eigenvalue weighted by atomic mass is 35.5. The topological polar surface area (TPSA) is 121 Å². The number of carbonyl (C=O) groups excluding carboxylic acids is 2. The maximum absolute atomic E-state index is 13.3. The molecule has 0 spiro atoms. The third kappa shape index (κ3) is 7.47. The lowest BCUT2D eigenvalue weighted by molar-refractivity contribution is -0.130. The number of halogens is 2. The molecule has 0 atom stereocenters. The van der Waals surface area contributed by atoms with Crippen molar-refractivity contribution in [3.05, 3.63) is 60.7 Å². The van der Waals surface area contributed by atoms with Crippen molar-refractivity contribution in [1.82, 2.24) is 14.5 Å². The van der Waals surface area contributed by atoms with Crippen molar-refractivity contribution < 1.29 is 9.59 Å². The van der Waals surface area contributed by atoms with E-state index in [1.807, 2.05) is 27.7 Å². The number of nitrogens with zero attached hydrogens (tertiary/aromatic N) is 3. The number of hydrogen-bond donors (Lipinski definition) is 2. The van der Waals surface area contributed by atoms with Gasteiger partial charge in [-0.3, -0.25) is 23.9 Å². The summed E-state index contributed by atoms with van der Waals surface area (Å²) in [4.78, 5) is 55.6. The van der Waals surface area contributed by atoms with E-state index in [1.54, 1.807) is 18.2 Å². The second kappa shape index (κ2) is 12.1. The van der Waals surface area contributed by atoms with Gasteiger partial charge in [0.05, 0.1) is 0 Å². The summed E-state index contributed by atoms with van der Waals surface area (Å²) in [5.74, 6) is -0.989. The average Bonchev–Trinajstić information content (AvgIpc) is 2.74. The summed E-state index contributed by atoms with van der Waals surface area (Å²) in [6, 6.07) is 4.88. The molecule has 0 fully saturated rings. The predicted molar refractivity (Wildman–Crippen MR) is 141 cm³/mol. The Morgan fingerprint density at radius 2 is 1.80 bits per heavy atom. The molecule has 2 amide bonds. The van der Waals surface area contributed by atoms with Crippen molar-refractivity contribution in [2.45, 2.75) is 34.2 Å².